The molecule has 14 aromatic rings. The Hall–Kier alpha value is -8.74. The summed E-state index contributed by atoms with van der Waals surface area (Å²) in [6, 6.07) is 92.2. The molecule has 71 heavy (non-hydrogen) atoms. The first kappa shape index (κ1) is 41.3. The summed E-state index contributed by atoms with van der Waals surface area (Å²) < 4.78 is 11.9. The molecule has 11 aromatic carbocycles. The minimum atomic E-state index is 0.874. The molecule has 0 atom stereocenters. The first-order valence-corrected chi connectivity index (χ1v) is 25.6. The molecule has 3 aromatic heterocycles. The van der Waals surface area contributed by atoms with Gasteiger partial charge in [0.1, 0.15) is 11.2 Å². The van der Waals surface area contributed by atoms with Gasteiger partial charge in [-0.2, -0.15) is 0 Å². The highest BCUT2D eigenvalue weighted by atomic mass is 32.1. The van der Waals surface area contributed by atoms with Crippen molar-refractivity contribution >= 4 is 119 Å². The van der Waals surface area contributed by atoms with E-state index in [1.807, 2.05) is 22.7 Å². The standard InChI is InChI=1S/C66H42N2OS2/c1-5-21-46(22-6-1)67(47-23-7-2-8-24-47)50-35-36-63-58(40-50)55-32-18-31-52(65(55)71-63)45-38-57(66-60(39-45)54-30-14-16-34-62(54)70-66)44-20-17-19-43(37-44)56-41-51(42-59-53-29-13-15-33-61(53)69-64(56)59)68(48-25-9-3-10-26-48)49-27-11-4-12-28-49/h1-42H. The summed E-state index contributed by atoms with van der Waals surface area (Å²) in [4.78, 5) is 4.69. The van der Waals surface area contributed by atoms with E-state index >= 15 is 0 Å². The molecule has 5 heteroatoms. The van der Waals surface area contributed by atoms with Gasteiger partial charge in [0.05, 0.1) is 0 Å². The van der Waals surface area contributed by atoms with Gasteiger partial charge >= 0.3 is 0 Å². The number of hydrogen-bond acceptors (Lipinski definition) is 5. The lowest BCUT2D eigenvalue weighted by molar-refractivity contribution is 0.670. The van der Waals surface area contributed by atoms with Gasteiger partial charge in [0, 0.05) is 96.4 Å². The van der Waals surface area contributed by atoms with E-state index in [1.54, 1.807) is 0 Å². The molecule has 0 fully saturated rings. The predicted octanol–water partition coefficient (Wildman–Crippen LogP) is 20.3. The number of fused-ring (bicyclic) bond motifs is 9. The third-order valence-corrected chi connectivity index (χ3v) is 16.2. The minimum Gasteiger partial charge on any atom is -0.455 e. The zero-order valence-electron chi connectivity index (χ0n) is 38.4. The van der Waals surface area contributed by atoms with Crippen LogP contribution in [-0.2, 0) is 0 Å². The predicted molar refractivity (Wildman–Crippen MR) is 305 cm³/mol. The Balaban J connectivity index is 0.952. The van der Waals surface area contributed by atoms with Crippen LogP contribution in [0.3, 0.4) is 0 Å². The van der Waals surface area contributed by atoms with Crippen molar-refractivity contribution in [3.8, 4) is 33.4 Å². The SMILES string of the molecule is c1ccc(N(c2ccccc2)c2ccc3sc4c(-c5cc(-c6cccc(-c7cc(N(c8ccccc8)c8ccccc8)cc8c7oc7ccccc78)c6)c6sc7ccccc7c6c5)cccc4c3c2)cc1. The molecule has 14 rings (SSSR count). The molecule has 0 radical (unpaired) electrons. The second kappa shape index (κ2) is 17.0. The number of thiophene rings is 2. The van der Waals surface area contributed by atoms with Crippen molar-refractivity contribution in [3.05, 3.63) is 255 Å². The van der Waals surface area contributed by atoms with Gasteiger partial charge in [0.15, 0.2) is 0 Å². The largest absolute Gasteiger partial charge is 0.455 e. The topological polar surface area (TPSA) is 19.6 Å². The van der Waals surface area contributed by atoms with Crippen LogP contribution < -0.4 is 9.80 Å². The van der Waals surface area contributed by atoms with E-state index in [2.05, 4.69) is 265 Å². The van der Waals surface area contributed by atoms with Crippen LogP contribution in [0.5, 0.6) is 0 Å². The third-order valence-electron chi connectivity index (χ3n) is 13.8. The van der Waals surface area contributed by atoms with Crippen LogP contribution >= 0.6 is 22.7 Å². The summed E-state index contributed by atoms with van der Waals surface area (Å²) >= 11 is 3.76. The van der Waals surface area contributed by atoms with Gasteiger partial charge in [-0.1, -0.05) is 146 Å². The Kier molecular flexibility index (Phi) is 9.90. The Labute approximate surface area is 419 Å². The molecule has 0 spiro atoms. The van der Waals surface area contributed by atoms with Crippen LogP contribution in [0.15, 0.2) is 259 Å². The smallest absolute Gasteiger partial charge is 0.143 e. The van der Waals surface area contributed by atoms with Crippen LogP contribution in [-0.4, -0.2) is 0 Å². The van der Waals surface area contributed by atoms with Crippen molar-refractivity contribution in [1.29, 1.82) is 0 Å². The lowest BCUT2D eigenvalue weighted by Gasteiger charge is -2.26. The molecule has 0 unspecified atom stereocenters. The van der Waals surface area contributed by atoms with Crippen LogP contribution in [0.1, 0.15) is 0 Å². The number of anilines is 6. The monoisotopic (exact) mass is 942 g/mol. The summed E-state index contributed by atoms with van der Waals surface area (Å²) in [5.41, 5.74) is 15.3. The van der Waals surface area contributed by atoms with Crippen LogP contribution in [0.4, 0.5) is 34.1 Å². The molecule has 0 saturated heterocycles. The van der Waals surface area contributed by atoms with E-state index < -0.39 is 0 Å². The summed E-state index contributed by atoms with van der Waals surface area (Å²) in [7, 11) is 0. The molecule has 334 valence electrons. The van der Waals surface area contributed by atoms with E-state index in [0.717, 1.165) is 72.8 Å². The van der Waals surface area contributed by atoms with Gasteiger partial charge in [-0.25, -0.2) is 0 Å². The zero-order valence-corrected chi connectivity index (χ0v) is 40.0. The highest BCUT2D eigenvalue weighted by Gasteiger charge is 2.22. The summed E-state index contributed by atoms with van der Waals surface area (Å²) in [6.45, 7) is 0. The first-order valence-electron chi connectivity index (χ1n) is 24.0. The molecule has 0 aliphatic rings. The quantitative estimate of drug-likeness (QED) is 0.144. The number of furan rings is 1. The lowest BCUT2D eigenvalue weighted by atomic mass is 9.93. The van der Waals surface area contributed by atoms with E-state index in [1.165, 1.54) is 57.0 Å². The Morgan fingerprint density at radius 1 is 0.268 bits per heavy atom. The van der Waals surface area contributed by atoms with E-state index in [0.29, 0.717) is 0 Å². The molecule has 0 bridgehead atoms. The van der Waals surface area contributed by atoms with Gasteiger partial charge in [-0.05, 0) is 131 Å². The third kappa shape index (κ3) is 7.08. The molecular formula is C66H42N2OS2. The average Bonchev–Trinajstić information content (AvgIpc) is 4.13. The van der Waals surface area contributed by atoms with Crippen molar-refractivity contribution in [1.82, 2.24) is 0 Å². The summed E-state index contributed by atoms with van der Waals surface area (Å²) in [5.74, 6) is 0. The highest BCUT2D eigenvalue weighted by molar-refractivity contribution is 7.27. The second-order valence-corrected chi connectivity index (χ2v) is 20.1. The first-order chi connectivity index (χ1) is 35.2. The summed E-state index contributed by atoms with van der Waals surface area (Å²) in [5, 5.41) is 7.25. The normalized spacial score (nSPS) is 11.7. The molecule has 0 N–H and O–H groups in total. The molecule has 0 aliphatic heterocycles. The van der Waals surface area contributed by atoms with Gasteiger partial charge < -0.3 is 14.2 Å². The van der Waals surface area contributed by atoms with Crippen molar-refractivity contribution in [2.75, 3.05) is 9.80 Å². The van der Waals surface area contributed by atoms with Crippen molar-refractivity contribution in [3.63, 3.8) is 0 Å². The average molecular weight is 943 g/mol. The molecule has 3 heterocycles. The van der Waals surface area contributed by atoms with Gasteiger partial charge in [0.25, 0.3) is 0 Å². The van der Waals surface area contributed by atoms with Gasteiger partial charge in [-0.3, -0.25) is 0 Å². The van der Waals surface area contributed by atoms with Crippen LogP contribution in [0.25, 0.3) is 95.7 Å². The molecule has 3 nitrogen and oxygen atoms in total. The number of nitrogens with zero attached hydrogens (tertiary/aromatic N) is 2. The number of rotatable bonds is 9. The number of hydrogen-bond donors (Lipinski definition) is 0. The fourth-order valence-corrected chi connectivity index (χ4v) is 13.0. The van der Waals surface area contributed by atoms with Gasteiger partial charge in [-0.15, -0.1) is 22.7 Å². The fraction of sp³-hybridized carbons (Fsp3) is 0. The van der Waals surface area contributed by atoms with Crippen molar-refractivity contribution in [2.45, 2.75) is 0 Å². The minimum absolute atomic E-state index is 0.874. The van der Waals surface area contributed by atoms with Crippen molar-refractivity contribution in [2.24, 2.45) is 0 Å². The Bertz CT molecular complexity index is 4210. The van der Waals surface area contributed by atoms with Gasteiger partial charge in [0.2, 0.25) is 0 Å². The number of benzene rings is 11. The van der Waals surface area contributed by atoms with E-state index in [9.17, 15) is 0 Å². The van der Waals surface area contributed by atoms with E-state index in [4.69, 9.17) is 4.42 Å². The lowest BCUT2D eigenvalue weighted by Crippen LogP contribution is -2.09. The maximum atomic E-state index is 6.83. The zero-order chi connectivity index (χ0) is 46.8. The van der Waals surface area contributed by atoms with Crippen LogP contribution in [0.2, 0.25) is 0 Å². The highest BCUT2D eigenvalue weighted by Crippen LogP contribution is 2.49. The Morgan fingerprint density at radius 3 is 1.46 bits per heavy atom. The van der Waals surface area contributed by atoms with Crippen LogP contribution in [0, 0.1) is 0 Å². The maximum absolute atomic E-state index is 6.83. The summed E-state index contributed by atoms with van der Waals surface area (Å²) in [6.07, 6.45) is 0. The fourth-order valence-electron chi connectivity index (χ4n) is 10.6. The maximum Gasteiger partial charge on any atom is 0.143 e. The molecular weight excluding hydrogens is 901 g/mol. The van der Waals surface area contributed by atoms with E-state index in [-0.39, 0.29) is 0 Å². The Morgan fingerprint density at radius 2 is 0.789 bits per heavy atom. The molecule has 0 amide bonds. The number of para-hydroxylation sites is 5. The van der Waals surface area contributed by atoms with Crippen molar-refractivity contribution < 1.29 is 4.42 Å². The molecule has 0 aliphatic carbocycles. The molecule has 0 saturated carbocycles. The second-order valence-electron chi connectivity index (χ2n) is 18.0.